The number of methoxy groups -OCH3 is 1. The molecule has 2 N–H and O–H groups in total. The summed E-state index contributed by atoms with van der Waals surface area (Å²) in [6.45, 7) is 7.99. The van der Waals surface area contributed by atoms with Crippen molar-refractivity contribution in [3.8, 4) is 50.4 Å². The predicted octanol–water partition coefficient (Wildman–Crippen LogP) is 21.7. The Morgan fingerprint density at radius 2 is 0.545 bits per heavy atom. The molecule has 4 heterocycles. The zero-order chi connectivity index (χ0) is 86.7. The van der Waals surface area contributed by atoms with Crippen molar-refractivity contribution < 1.29 is 47.5 Å². The molecule has 0 aliphatic rings. The molecule has 0 bridgehead atoms. The second kappa shape index (κ2) is 46.8. The molecule has 0 saturated heterocycles. The topological polar surface area (TPSA) is 236 Å². The molecule has 121 heavy (non-hydrogen) atoms. The number of ether oxygens (including phenoxy) is 1. The summed E-state index contributed by atoms with van der Waals surface area (Å²) in [5.41, 5.74) is 23.9. The zero-order valence-corrected chi connectivity index (χ0v) is 71.1. The summed E-state index contributed by atoms with van der Waals surface area (Å²) in [4.78, 5) is 121. The number of aromatic nitrogens is 4. The fourth-order valence-corrected chi connectivity index (χ4v) is 13.1. The fraction of sp³-hybridized carbons (Fsp3) is 0.248. The first-order valence-electron chi connectivity index (χ1n) is 40.9. The van der Waals surface area contributed by atoms with Gasteiger partial charge in [-0.3, -0.25) is 38.4 Å². The average molecular weight is 1640 g/mol. The van der Waals surface area contributed by atoms with Gasteiger partial charge in [-0.1, -0.05) is 209 Å². The molecule has 0 aliphatic carbocycles. The largest absolute Gasteiger partial charge is 0.481 e. The number of carbonyl (C=O) groups is 8. The van der Waals surface area contributed by atoms with E-state index < -0.39 is 5.95 Å². The summed E-state index contributed by atoms with van der Waals surface area (Å²) in [5.74, 6) is 1.32. The standard InChI is InChI=1S/C26H28N2O3.C25H25ClN2O2.C25H25FN2O2.C25H27N3O2/c1-4-5-26(30)28(2)23-14-12-21(13-15-23)20-8-10-22(11-9-20)24(29)16-6-19-7-17-25(31-3)27-18-19;3*1-3-4-25(30)28(2)22-13-11-20(12-14-22)19-7-9-21(10-8-19)23(29)15-5-18-6-16-24(26)27-17-18/h7-15,17-18H,4-6,16H2,1-3H3;2*6-14,16-17H,3-5,15H2,1-2H3;6-14,16-17H,3-5,15H2,1-2H3,(H2,26,27). The number of hydrogen-bond donors (Lipinski definition) is 1. The summed E-state index contributed by atoms with van der Waals surface area (Å²) in [5, 5.41) is 0.452. The van der Waals surface area contributed by atoms with Crippen LogP contribution >= 0.6 is 11.6 Å². The molecule has 0 spiro atoms. The van der Waals surface area contributed by atoms with Gasteiger partial charge in [0, 0.05) is 155 Å². The highest BCUT2D eigenvalue weighted by Gasteiger charge is 2.18. The van der Waals surface area contributed by atoms with E-state index in [1.165, 1.54) is 12.3 Å². The maximum atomic E-state index is 12.9. The molecule has 0 saturated carbocycles. The van der Waals surface area contributed by atoms with Crippen molar-refractivity contribution in [3.63, 3.8) is 0 Å². The Balaban J connectivity index is 0.000000183. The zero-order valence-electron chi connectivity index (χ0n) is 70.3. The molecule has 0 atom stereocenters. The average Bonchev–Trinajstić information content (AvgIpc) is 0.844. The third-order valence-corrected chi connectivity index (χ3v) is 20.7. The van der Waals surface area contributed by atoms with Crippen LogP contribution in [-0.4, -0.2) is 102 Å². The van der Waals surface area contributed by atoms with Crippen LogP contribution in [0.4, 0.5) is 33.0 Å². The van der Waals surface area contributed by atoms with Gasteiger partial charge < -0.3 is 30.1 Å². The summed E-state index contributed by atoms with van der Waals surface area (Å²) in [6.07, 6.45) is 16.2. The van der Waals surface area contributed by atoms with Crippen molar-refractivity contribution in [1.82, 2.24) is 19.9 Å². The smallest absolute Gasteiger partial charge is 0.226 e. The second-order valence-corrected chi connectivity index (χ2v) is 29.7. The number of hydrogen-bond acceptors (Lipinski definition) is 14. The Kier molecular flexibility index (Phi) is 35.4. The van der Waals surface area contributed by atoms with E-state index in [1.807, 2.05) is 240 Å². The van der Waals surface area contributed by atoms with E-state index >= 15 is 0 Å². The minimum absolute atomic E-state index is 0.0392. The van der Waals surface area contributed by atoms with Gasteiger partial charge >= 0.3 is 0 Å². The molecule has 12 rings (SSSR count). The van der Waals surface area contributed by atoms with Crippen LogP contribution in [0.3, 0.4) is 0 Å². The van der Waals surface area contributed by atoms with E-state index in [0.29, 0.717) is 116 Å². The number of halogens is 2. The molecule has 4 aromatic heterocycles. The third-order valence-electron chi connectivity index (χ3n) is 20.5. The highest BCUT2D eigenvalue weighted by atomic mass is 35.5. The van der Waals surface area contributed by atoms with Gasteiger partial charge in [0.15, 0.2) is 23.1 Å². The van der Waals surface area contributed by atoms with Gasteiger partial charge in [-0.2, -0.15) is 4.39 Å². The fourth-order valence-electron chi connectivity index (χ4n) is 13.0. The van der Waals surface area contributed by atoms with Gasteiger partial charge in [0.05, 0.1) is 7.11 Å². The monoisotopic (exact) mass is 1640 g/mol. The molecule has 12 aromatic rings. The maximum absolute atomic E-state index is 12.9. The van der Waals surface area contributed by atoms with Crippen molar-refractivity contribution >= 4 is 86.9 Å². The van der Waals surface area contributed by atoms with Crippen molar-refractivity contribution in [2.75, 3.05) is 60.6 Å². The molecular formula is C101H105ClFN9O9. The quantitative estimate of drug-likeness (QED) is 0.0297. The molecule has 20 heteroatoms. The molecule has 8 aromatic carbocycles. The van der Waals surface area contributed by atoms with Crippen LogP contribution in [0.1, 0.15) is 168 Å². The number of pyridine rings is 4. The molecular weight excluding hydrogens is 1540 g/mol. The Morgan fingerprint density at radius 3 is 0.760 bits per heavy atom. The first kappa shape index (κ1) is 91.6. The van der Waals surface area contributed by atoms with Gasteiger partial charge in [-0.05, 0) is 185 Å². The van der Waals surface area contributed by atoms with Gasteiger partial charge in [0.2, 0.25) is 35.5 Å². The number of carbonyl (C=O) groups excluding carboxylic acids is 8. The Hall–Kier alpha value is -13.3. The highest BCUT2D eigenvalue weighted by molar-refractivity contribution is 6.29. The van der Waals surface area contributed by atoms with E-state index in [2.05, 4.69) is 19.9 Å². The van der Waals surface area contributed by atoms with E-state index in [0.717, 1.165) is 115 Å². The lowest BCUT2D eigenvalue weighted by atomic mass is 9.99. The van der Waals surface area contributed by atoms with Crippen LogP contribution in [-0.2, 0) is 44.9 Å². The van der Waals surface area contributed by atoms with Crippen LogP contribution < -0.4 is 30.1 Å². The number of nitrogens with two attached hydrogens (primary N) is 1. The summed E-state index contributed by atoms with van der Waals surface area (Å²) in [6, 6.07) is 75.9. The predicted molar refractivity (Wildman–Crippen MR) is 484 cm³/mol. The van der Waals surface area contributed by atoms with Crippen LogP contribution in [0.15, 0.2) is 267 Å². The number of ketones is 4. The van der Waals surface area contributed by atoms with E-state index in [9.17, 15) is 42.7 Å². The normalized spacial score (nSPS) is 10.6. The minimum atomic E-state index is -0.520. The van der Waals surface area contributed by atoms with Gasteiger partial charge in [0.1, 0.15) is 11.0 Å². The number of benzene rings is 8. The number of nitrogens with zero attached hydrogens (tertiary/aromatic N) is 8. The Bertz CT molecular complexity index is 4950. The number of anilines is 5. The molecule has 622 valence electrons. The van der Waals surface area contributed by atoms with Crippen LogP contribution in [0, 0.1) is 5.95 Å². The lowest BCUT2D eigenvalue weighted by Gasteiger charge is -2.17. The van der Waals surface area contributed by atoms with E-state index in [4.69, 9.17) is 22.1 Å². The molecule has 0 radical (unpaired) electrons. The first-order valence-corrected chi connectivity index (χ1v) is 41.2. The van der Waals surface area contributed by atoms with Crippen molar-refractivity contribution in [2.24, 2.45) is 0 Å². The lowest BCUT2D eigenvalue weighted by molar-refractivity contribution is -0.119. The maximum Gasteiger partial charge on any atom is 0.226 e. The summed E-state index contributed by atoms with van der Waals surface area (Å²) >= 11 is 5.79. The molecule has 0 aliphatic heterocycles. The Morgan fingerprint density at radius 1 is 0.306 bits per heavy atom. The molecule has 4 amide bonds. The second-order valence-electron chi connectivity index (χ2n) is 29.3. The van der Waals surface area contributed by atoms with E-state index in [1.54, 1.807) is 97.8 Å². The first-order chi connectivity index (χ1) is 58.4. The summed E-state index contributed by atoms with van der Waals surface area (Å²) in [7, 11) is 8.77. The van der Waals surface area contributed by atoms with Crippen molar-refractivity contribution in [2.45, 2.75) is 130 Å². The highest BCUT2D eigenvalue weighted by Crippen LogP contribution is 2.30. The summed E-state index contributed by atoms with van der Waals surface area (Å²) < 4.78 is 17.9. The van der Waals surface area contributed by atoms with Gasteiger partial charge in [-0.25, -0.2) is 19.9 Å². The minimum Gasteiger partial charge on any atom is -0.481 e. The van der Waals surface area contributed by atoms with Gasteiger partial charge in [0.25, 0.3) is 0 Å². The lowest BCUT2D eigenvalue weighted by Crippen LogP contribution is -2.25. The van der Waals surface area contributed by atoms with Crippen molar-refractivity contribution in [1.29, 1.82) is 0 Å². The Labute approximate surface area is 714 Å². The van der Waals surface area contributed by atoms with Crippen LogP contribution in [0.5, 0.6) is 5.88 Å². The number of aryl methyl sites for hydroxylation is 4. The number of amides is 4. The van der Waals surface area contributed by atoms with E-state index in [-0.39, 0.29) is 46.8 Å². The number of Topliss-reactive ketones (excluding diaryl/α,β-unsaturated/α-hetero) is 4. The SMILES string of the molecule is CCCC(=O)N(C)c1ccc(-c2ccc(C(=O)CCc3ccc(Cl)nc3)cc2)cc1.CCCC(=O)N(C)c1ccc(-c2ccc(C(=O)CCc3ccc(F)nc3)cc2)cc1.CCCC(=O)N(C)c1ccc(-c2ccc(C(=O)CCc3ccc(N)nc3)cc2)cc1.CCCC(=O)N(C)c1ccc(-c2ccc(C(=O)CCc3ccc(OC)nc3)cc2)cc1. The molecule has 0 unspecified atom stereocenters. The number of nitrogen functional groups attached to an aromatic ring is 1. The third kappa shape index (κ3) is 27.9. The molecule has 18 nitrogen and oxygen atoms in total. The number of rotatable bonds is 33. The van der Waals surface area contributed by atoms with Crippen LogP contribution in [0.2, 0.25) is 5.15 Å². The van der Waals surface area contributed by atoms with Crippen LogP contribution in [0.25, 0.3) is 44.5 Å². The molecule has 0 fully saturated rings. The van der Waals surface area contributed by atoms with Crippen molar-refractivity contribution in [3.05, 3.63) is 323 Å². The van der Waals surface area contributed by atoms with Gasteiger partial charge in [-0.15, -0.1) is 0 Å².